The van der Waals surface area contributed by atoms with Crippen molar-refractivity contribution < 1.29 is 0 Å². The lowest BCUT2D eigenvalue weighted by Crippen LogP contribution is -2.41. The largest absolute Gasteiger partial charge is 0.249 e. The summed E-state index contributed by atoms with van der Waals surface area (Å²) in [6, 6.07) is 2.48. The molecule has 1 spiro atoms. The molecule has 3 unspecified atom stereocenters. The molecular formula is C12H13BrCl2N3S+. The van der Waals surface area contributed by atoms with Gasteiger partial charge in [-0.2, -0.15) is 0 Å². The fourth-order valence-corrected chi connectivity index (χ4v) is 5.20. The summed E-state index contributed by atoms with van der Waals surface area (Å²) in [4.78, 5) is 8.90. The van der Waals surface area contributed by atoms with E-state index in [2.05, 4.69) is 39.8 Å². The smallest absolute Gasteiger partial charge is 0.237 e. The summed E-state index contributed by atoms with van der Waals surface area (Å²) in [5, 5.41) is 1.02. The van der Waals surface area contributed by atoms with Crippen molar-refractivity contribution in [3.8, 4) is 0 Å². The first kappa shape index (κ1) is 14.1. The highest BCUT2D eigenvalue weighted by Crippen LogP contribution is 2.51. The summed E-state index contributed by atoms with van der Waals surface area (Å²) < 4.78 is 1.52. The molecule has 3 atom stereocenters. The van der Waals surface area contributed by atoms with E-state index in [1.54, 1.807) is 0 Å². The van der Waals surface area contributed by atoms with Crippen molar-refractivity contribution in [3.63, 3.8) is 0 Å². The second kappa shape index (κ2) is 4.88. The number of aromatic nitrogens is 1. The van der Waals surface area contributed by atoms with E-state index in [0.29, 0.717) is 21.0 Å². The van der Waals surface area contributed by atoms with Crippen molar-refractivity contribution in [2.75, 3.05) is 12.3 Å². The van der Waals surface area contributed by atoms with Crippen LogP contribution < -0.4 is 4.48 Å². The molecule has 0 bridgehead atoms. The predicted octanol–water partition coefficient (Wildman–Crippen LogP) is 4.24. The van der Waals surface area contributed by atoms with Crippen molar-refractivity contribution >= 4 is 61.8 Å². The topological polar surface area (TPSA) is 25.2 Å². The van der Waals surface area contributed by atoms with E-state index in [-0.39, 0.29) is 5.50 Å². The minimum atomic E-state index is 0.130. The van der Waals surface area contributed by atoms with Gasteiger partial charge in [0.1, 0.15) is 33.1 Å². The van der Waals surface area contributed by atoms with E-state index in [1.165, 1.54) is 0 Å². The molecule has 1 saturated heterocycles. The van der Waals surface area contributed by atoms with Crippen LogP contribution in [0.4, 0.5) is 5.69 Å². The van der Waals surface area contributed by atoms with Crippen LogP contribution in [0.2, 0.25) is 5.15 Å². The highest BCUT2D eigenvalue weighted by molar-refractivity contribution is 9.10. The van der Waals surface area contributed by atoms with Crippen LogP contribution >= 0.6 is 50.9 Å². The van der Waals surface area contributed by atoms with E-state index in [0.717, 1.165) is 28.0 Å². The zero-order valence-electron chi connectivity index (χ0n) is 10.5. The normalized spacial score (nSPS) is 32.2. The van der Waals surface area contributed by atoms with E-state index < -0.39 is 0 Å². The number of aliphatic imine (C=N–C) groups is 1. The maximum atomic E-state index is 6.35. The Morgan fingerprint density at radius 1 is 1.53 bits per heavy atom. The van der Waals surface area contributed by atoms with Crippen LogP contribution in [0.3, 0.4) is 0 Å². The summed E-state index contributed by atoms with van der Waals surface area (Å²) >= 11 is 17.7. The summed E-state index contributed by atoms with van der Waals surface area (Å²) in [5.41, 5.74) is 2.17. The quantitative estimate of drug-likeness (QED) is 0.434. The van der Waals surface area contributed by atoms with Gasteiger partial charge in [-0.25, -0.2) is 14.5 Å². The fourth-order valence-electron chi connectivity index (χ4n) is 2.73. The molecule has 7 heteroatoms. The number of hydrogen-bond acceptors (Lipinski definition) is 3. The minimum Gasteiger partial charge on any atom is -0.249 e. The average molecular weight is 382 g/mol. The fraction of sp³-hybridized carbons (Fsp3) is 0.500. The van der Waals surface area contributed by atoms with Crippen molar-refractivity contribution in [1.29, 1.82) is 0 Å². The number of hydrogen-bond donors (Lipinski definition) is 0. The summed E-state index contributed by atoms with van der Waals surface area (Å²) in [6.07, 6.45) is 0. The van der Waals surface area contributed by atoms with Gasteiger partial charge in [0.05, 0.1) is 0 Å². The maximum Gasteiger partial charge on any atom is 0.237 e. The summed E-state index contributed by atoms with van der Waals surface area (Å²) in [5.74, 6) is 1.01. The van der Waals surface area contributed by atoms with Gasteiger partial charge in [-0.05, 0) is 28.6 Å². The zero-order valence-corrected chi connectivity index (χ0v) is 14.4. The lowest BCUT2D eigenvalue weighted by atomic mass is 10.2. The van der Waals surface area contributed by atoms with E-state index in [4.69, 9.17) is 23.2 Å². The van der Waals surface area contributed by atoms with Gasteiger partial charge in [-0.1, -0.05) is 41.9 Å². The van der Waals surface area contributed by atoms with Crippen molar-refractivity contribution in [3.05, 3.63) is 21.4 Å². The van der Waals surface area contributed by atoms with Gasteiger partial charge in [0.15, 0.2) is 5.69 Å². The Morgan fingerprint density at radius 3 is 2.79 bits per heavy atom. The van der Waals surface area contributed by atoms with E-state index >= 15 is 0 Å². The molecule has 0 aromatic carbocycles. The van der Waals surface area contributed by atoms with Gasteiger partial charge < -0.3 is 0 Å². The number of pyridine rings is 1. The Hall–Kier alpha value is 0.190. The van der Waals surface area contributed by atoms with Crippen LogP contribution in [0, 0.1) is 0 Å². The number of halogens is 3. The van der Waals surface area contributed by atoms with Crippen LogP contribution in [0.25, 0.3) is 0 Å². The zero-order chi connectivity index (χ0) is 13.8. The lowest BCUT2D eigenvalue weighted by molar-refractivity contribution is 0.476. The Balaban J connectivity index is 2.20. The van der Waals surface area contributed by atoms with E-state index in [1.807, 2.05) is 17.8 Å². The number of thioether (sulfide) groups is 1. The highest BCUT2D eigenvalue weighted by atomic mass is 79.9. The van der Waals surface area contributed by atoms with Gasteiger partial charge >= 0.3 is 0 Å². The molecule has 2 aliphatic rings. The minimum absolute atomic E-state index is 0.130. The first-order valence-corrected chi connectivity index (χ1v) is 8.69. The first-order chi connectivity index (χ1) is 9.00. The Kier molecular flexibility index (Phi) is 3.63. The molecule has 0 radical (unpaired) electrons. The van der Waals surface area contributed by atoms with Gasteiger partial charge in [0.2, 0.25) is 5.50 Å². The molecule has 102 valence electrons. The third kappa shape index (κ3) is 2.05. The van der Waals surface area contributed by atoms with Crippen LogP contribution in [0.15, 0.2) is 15.7 Å². The molecule has 2 aliphatic heterocycles. The van der Waals surface area contributed by atoms with Crippen LogP contribution in [-0.4, -0.2) is 34.0 Å². The average Bonchev–Trinajstić information content (AvgIpc) is 2.98. The Bertz CT molecular complexity index is 580. The highest BCUT2D eigenvalue weighted by Gasteiger charge is 2.62. The van der Waals surface area contributed by atoms with Gasteiger partial charge in [0, 0.05) is 6.07 Å². The monoisotopic (exact) mass is 380 g/mol. The molecule has 3 nitrogen and oxygen atoms in total. The molecule has 3 rings (SSSR count). The molecule has 1 fully saturated rings. The molecule has 0 aliphatic carbocycles. The Morgan fingerprint density at radius 2 is 2.21 bits per heavy atom. The number of rotatable bonds is 2. The summed E-state index contributed by atoms with van der Waals surface area (Å²) in [6.45, 7) is 5.46. The maximum absolute atomic E-state index is 6.35. The lowest BCUT2D eigenvalue weighted by Gasteiger charge is -2.31. The van der Waals surface area contributed by atoms with Crippen LogP contribution in [-0.2, 0) is 0 Å². The second-order valence-corrected chi connectivity index (χ2v) is 7.62. The number of fused-ring (bicyclic) bond motifs is 2. The molecule has 0 saturated carbocycles. The van der Waals surface area contributed by atoms with Gasteiger partial charge in [0.25, 0.3) is 0 Å². The van der Waals surface area contributed by atoms with Crippen molar-refractivity contribution in [2.45, 2.75) is 25.4 Å². The third-order valence-electron chi connectivity index (χ3n) is 3.73. The predicted molar refractivity (Wildman–Crippen MR) is 87.4 cm³/mol. The van der Waals surface area contributed by atoms with Crippen LogP contribution in [0.5, 0.6) is 0 Å². The van der Waals surface area contributed by atoms with Crippen molar-refractivity contribution in [2.24, 2.45) is 4.99 Å². The number of nitrogens with zero attached hydrogens (tertiary/aromatic N) is 3. The van der Waals surface area contributed by atoms with Crippen LogP contribution in [0.1, 0.15) is 19.4 Å². The van der Waals surface area contributed by atoms with E-state index in [9.17, 15) is 0 Å². The first-order valence-electron chi connectivity index (χ1n) is 6.10. The SMILES string of the molecule is CCSC1N=C(Cl)c2c(cc(Cl)nc2Br)[N+]12CC2C. The standard InChI is InChI=1S/C12H13BrCl2N3S/c1-3-19-12-17-11(15)9-7(18(12)5-6(18)2)4-8(14)16-10(9)13/h4,6,12H,3,5H2,1-2H3/q+1. The molecule has 0 amide bonds. The molecular weight excluding hydrogens is 369 g/mol. The Labute approximate surface area is 135 Å². The third-order valence-corrected chi connectivity index (χ3v) is 5.90. The molecule has 1 aromatic heterocycles. The molecule has 3 heterocycles. The number of quaternary nitrogens is 1. The van der Waals surface area contributed by atoms with Crippen molar-refractivity contribution in [1.82, 2.24) is 9.47 Å². The molecule has 19 heavy (non-hydrogen) atoms. The second-order valence-electron chi connectivity index (χ2n) is 4.79. The molecule has 0 N–H and O–H groups in total. The summed E-state index contributed by atoms with van der Waals surface area (Å²) in [7, 11) is 0. The van der Waals surface area contributed by atoms with Gasteiger partial charge in [-0.15, -0.1) is 0 Å². The molecule has 1 aromatic rings. The van der Waals surface area contributed by atoms with Gasteiger partial charge in [-0.3, -0.25) is 0 Å².